The number of hydrazone groups is 1. The minimum absolute atomic E-state index is 0.162. The predicted molar refractivity (Wildman–Crippen MR) is 83.3 cm³/mol. The highest BCUT2D eigenvalue weighted by molar-refractivity contribution is 6.39. The van der Waals surface area contributed by atoms with E-state index >= 15 is 0 Å². The molecule has 24 heavy (non-hydrogen) atoms. The molecule has 0 bridgehead atoms. The molecular weight excluding hydrogens is 315 g/mol. The molecule has 2 heterocycles. The zero-order chi connectivity index (χ0) is 17.3. The van der Waals surface area contributed by atoms with Gasteiger partial charge in [-0.1, -0.05) is 12.1 Å². The summed E-state index contributed by atoms with van der Waals surface area (Å²) in [5.41, 5.74) is 0.634. The van der Waals surface area contributed by atoms with Gasteiger partial charge in [0.1, 0.15) is 17.6 Å². The SMILES string of the molecule is CN1N=C(C(=O)N2CCNC(=O)[C@H]2c2cccc(F)c2)CCC1=O. The molecule has 7 nitrogen and oxygen atoms in total. The predicted octanol–water partition coefficient (Wildman–Crippen LogP) is 0.433. The van der Waals surface area contributed by atoms with Crippen LogP contribution in [0.25, 0.3) is 0 Å². The molecule has 0 aliphatic carbocycles. The van der Waals surface area contributed by atoms with Gasteiger partial charge in [-0.05, 0) is 17.7 Å². The van der Waals surface area contributed by atoms with E-state index in [9.17, 15) is 18.8 Å². The summed E-state index contributed by atoms with van der Waals surface area (Å²) in [6.07, 6.45) is 0.432. The quantitative estimate of drug-likeness (QED) is 0.853. The second-order valence-electron chi connectivity index (χ2n) is 5.71. The number of amides is 3. The van der Waals surface area contributed by atoms with E-state index in [1.165, 1.54) is 30.1 Å². The van der Waals surface area contributed by atoms with Gasteiger partial charge in [0.25, 0.3) is 5.91 Å². The first-order valence-corrected chi connectivity index (χ1v) is 7.65. The summed E-state index contributed by atoms with van der Waals surface area (Å²) in [6, 6.07) is 4.72. The molecule has 0 radical (unpaired) electrons. The van der Waals surface area contributed by atoms with Crippen molar-refractivity contribution >= 4 is 23.4 Å². The van der Waals surface area contributed by atoms with Crippen molar-refractivity contribution in [2.45, 2.75) is 18.9 Å². The maximum Gasteiger partial charge on any atom is 0.271 e. The highest BCUT2D eigenvalue weighted by Gasteiger charge is 2.37. The first kappa shape index (κ1) is 16.1. The molecule has 1 N–H and O–H groups in total. The zero-order valence-corrected chi connectivity index (χ0v) is 13.2. The Morgan fingerprint density at radius 1 is 1.33 bits per heavy atom. The van der Waals surface area contributed by atoms with E-state index in [2.05, 4.69) is 10.4 Å². The summed E-state index contributed by atoms with van der Waals surface area (Å²) >= 11 is 0. The van der Waals surface area contributed by atoms with E-state index in [0.29, 0.717) is 18.7 Å². The normalized spacial score (nSPS) is 21.4. The van der Waals surface area contributed by atoms with Crippen LogP contribution < -0.4 is 5.32 Å². The van der Waals surface area contributed by atoms with Crippen LogP contribution in [0.15, 0.2) is 29.4 Å². The lowest BCUT2D eigenvalue weighted by atomic mass is 10.0. The molecule has 0 aromatic heterocycles. The van der Waals surface area contributed by atoms with Crippen LogP contribution in [0, 0.1) is 5.82 Å². The molecule has 3 amide bonds. The molecule has 8 heteroatoms. The number of nitrogens with zero attached hydrogens (tertiary/aromatic N) is 3. The van der Waals surface area contributed by atoms with Crippen molar-refractivity contribution in [3.05, 3.63) is 35.6 Å². The Labute approximate surface area is 138 Å². The van der Waals surface area contributed by atoms with Gasteiger partial charge in [-0.25, -0.2) is 9.40 Å². The first-order chi connectivity index (χ1) is 11.5. The Hall–Kier alpha value is -2.77. The van der Waals surface area contributed by atoms with Crippen LogP contribution >= 0.6 is 0 Å². The number of piperazine rings is 1. The van der Waals surface area contributed by atoms with E-state index < -0.39 is 17.8 Å². The van der Waals surface area contributed by atoms with Gasteiger partial charge in [-0.15, -0.1) is 0 Å². The molecular formula is C16H17FN4O3. The van der Waals surface area contributed by atoms with E-state index in [0.717, 1.165) is 5.01 Å². The van der Waals surface area contributed by atoms with Crippen molar-refractivity contribution in [2.24, 2.45) is 5.10 Å². The van der Waals surface area contributed by atoms with Crippen LogP contribution in [0.3, 0.4) is 0 Å². The van der Waals surface area contributed by atoms with E-state index in [4.69, 9.17) is 0 Å². The minimum atomic E-state index is -0.910. The fourth-order valence-corrected chi connectivity index (χ4v) is 2.88. The largest absolute Gasteiger partial charge is 0.352 e. The average Bonchev–Trinajstić information content (AvgIpc) is 2.56. The molecule has 1 aromatic rings. The molecule has 0 unspecified atom stereocenters. The molecule has 1 fully saturated rings. The fourth-order valence-electron chi connectivity index (χ4n) is 2.88. The number of nitrogens with one attached hydrogen (secondary N) is 1. The van der Waals surface area contributed by atoms with Crippen LogP contribution in [0.5, 0.6) is 0 Å². The maximum absolute atomic E-state index is 13.5. The third-order valence-corrected chi connectivity index (χ3v) is 4.09. The average molecular weight is 332 g/mol. The van der Waals surface area contributed by atoms with Gasteiger partial charge < -0.3 is 10.2 Å². The highest BCUT2D eigenvalue weighted by atomic mass is 19.1. The summed E-state index contributed by atoms with van der Waals surface area (Å²) in [5.74, 6) is -1.40. The molecule has 1 aromatic carbocycles. The van der Waals surface area contributed by atoms with E-state index in [-0.39, 0.29) is 30.4 Å². The molecule has 1 atom stereocenters. The van der Waals surface area contributed by atoms with Crippen molar-refractivity contribution in [1.29, 1.82) is 0 Å². The Morgan fingerprint density at radius 2 is 2.12 bits per heavy atom. The zero-order valence-electron chi connectivity index (χ0n) is 13.2. The van der Waals surface area contributed by atoms with Gasteiger partial charge in [0, 0.05) is 33.0 Å². The van der Waals surface area contributed by atoms with Crippen molar-refractivity contribution in [2.75, 3.05) is 20.1 Å². The first-order valence-electron chi connectivity index (χ1n) is 7.65. The number of rotatable bonds is 2. The van der Waals surface area contributed by atoms with Crippen molar-refractivity contribution in [1.82, 2.24) is 15.2 Å². The summed E-state index contributed by atoms with van der Waals surface area (Å²) in [7, 11) is 1.49. The van der Waals surface area contributed by atoms with Gasteiger partial charge in [0.2, 0.25) is 11.8 Å². The van der Waals surface area contributed by atoms with Gasteiger partial charge in [-0.3, -0.25) is 14.4 Å². The minimum Gasteiger partial charge on any atom is -0.352 e. The van der Waals surface area contributed by atoms with Gasteiger partial charge in [0.05, 0.1) is 0 Å². The van der Waals surface area contributed by atoms with E-state index in [1.54, 1.807) is 6.07 Å². The second kappa shape index (κ2) is 6.38. The third kappa shape index (κ3) is 2.99. The summed E-state index contributed by atoms with van der Waals surface area (Å²) in [5, 5.41) is 7.84. The summed E-state index contributed by atoms with van der Waals surface area (Å²) < 4.78 is 13.5. The van der Waals surface area contributed by atoms with Crippen LogP contribution in [-0.2, 0) is 14.4 Å². The van der Waals surface area contributed by atoms with Crippen molar-refractivity contribution in [3.63, 3.8) is 0 Å². The molecule has 2 aliphatic heterocycles. The highest BCUT2D eigenvalue weighted by Crippen LogP contribution is 2.25. The number of hydrogen-bond acceptors (Lipinski definition) is 4. The lowest BCUT2D eigenvalue weighted by Crippen LogP contribution is -2.54. The van der Waals surface area contributed by atoms with E-state index in [1.807, 2.05) is 0 Å². The molecule has 0 spiro atoms. The van der Waals surface area contributed by atoms with Crippen LogP contribution in [0.1, 0.15) is 24.4 Å². The Bertz CT molecular complexity index is 734. The van der Waals surface area contributed by atoms with Crippen molar-refractivity contribution in [3.8, 4) is 0 Å². The Kier molecular flexibility index (Phi) is 4.28. The van der Waals surface area contributed by atoms with Crippen molar-refractivity contribution < 1.29 is 18.8 Å². The second-order valence-corrected chi connectivity index (χ2v) is 5.71. The molecule has 1 saturated heterocycles. The van der Waals surface area contributed by atoms with Crippen LogP contribution in [0.2, 0.25) is 0 Å². The third-order valence-electron chi connectivity index (χ3n) is 4.09. The topological polar surface area (TPSA) is 82.1 Å². The van der Waals surface area contributed by atoms with Gasteiger partial charge in [-0.2, -0.15) is 5.10 Å². The van der Waals surface area contributed by atoms with Gasteiger partial charge in [0.15, 0.2) is 0 Å². The summed E-state index contributed by atoms with van der Waals surface area (Å²) in [4.78, 5) is 38.0. The Balaban J connectivity index is 1.92. The number of halogens is 1. The lowest BCUT2D eigenvalue weighted by molar-refractivity contribution is -0.139. The smallest absolute Gasteiger partial charge is 0.271 e. The standard InChI is InChI=1S/C16H17FN4O3/c1-20-13(22)6-5-12(19-20)16(24)21-8-7-18-15(23)14(21)10-3-2-4-11(17)9-10/h2-4,9,14H,5-8H2,1H3,(H,18,23)/t14-/m1/s1. The monoisotopic (exact) mass is 332 g/mol. The van der Waals surface area contributed by atoms with Crippen LogP contribution in [0.4, 0.5) is 4.39 Å². The Morgan fingerprint density at radius 3 is 2.83 bits per heavy atom. The fraction of sp³-hybridized carbons (Fsp3) is 0.375. The number of hydrogen-bond donors (Lipinski definition) is 1. The molecule has 126 valence electrons. The number of benzene rings is 1. The number of carbonyl (C=O) groups is 3. The summed E-state index contributed by atoms with van der Waals surface area (Å²) in [6.45, 7) is 0.612. The van der Waals surface area contributed by atoms with Crippen LogP contribution in [-0.4, -0.2) is 53.5 Å². The lowest BCUT2D eigenvalue weighted by Gasteiger charge is -2.36. The van der Waals surface area contributed by atoms with Gasteiger partial charge >= 0.3 is 0 Å². The molecule has 3 rings (SSSR count). The molecule has 2 aliphatic rings. The maximum atomic E-state index is 13.5. The number of carbonyl (C=O) groups excluding carboxylic acids is 3. The molecule has 0 saturated carbocycles.